The lowest BCUT2D eigenvalue weighted by molar-refractivity contribution is 0.444. The first kappa shape index (κ1) is 40.5. The predicted octanol–water partition coefficient (Wildman–Crippen LogP) is 17.9. The van der Waals surface area contributed by atoms with Gasteiger partial charge in [0.15, 0.2) is 0 Å². The molecule has 2 aliphatic rings. The largest absolute Gasteiger partial charge is 0.192 e. The van der Waals surface area contributed by atoms with E-state index in [4.69, 9.17) is 0 Å². The molecule has 0 bridgehead atoms. The van der Waals surface area contributed by atoms with E-state index >= 15 is 0 Å². The van der Waals surface area contributed by atoms with Crippen molar-refractivity contribution in [2.45, 2.75) is 76.0 Å². The zero-order valence-electron chi connectivity index (χ0n) is 38.7. The molecule has 2 saturated carbocycles. The Morgan fingerprint density at radius 2 is 0.714 bits per heavy atom. The van der Waals surface area contributed by atoms with E-state index < -0.39 is 0 Å². The number of nitrogens with zero attached hydrogens (tertiary/aromatic N) is 4. The maximum Gasteiger partial charge on any atom is 0.0998 e. The number of hydrogen-bond acceptors (Lipinski definition) is 4. The monoisotopic (exact) mass is 892 g/mol. The number of hydrogen-bond donors (Lipinski definition) is 0. The van der Waals surface area contributed by atoms with Gasteiger partial charge in [-0.2, -0.15) is 21.0 Å². The minimum absolute atomic E-state index is 0.176. The second-order valence-corrected chi connectivity index (χ2v) is 20.3. The molecule has 0 aromatic heterocycles. The fourth-order valence-electron chi connectivity index (χ4n) is 13.9. The van der Waals surface area contributed by atoms with Crippen LogP contribution < -0.4 is 0 Å². The van der Waals surface area contributed by atoms with Crippen molar-refractivity contribution in [2.75, 3.05) is 0 Å². The Kier molecular flexibility index (Phi) is 8.97. The van der Waals surface area contributed by atoms with Crippen LogP contribution >= 0.6 is 0 Å². The highest BCUT2D eigenvalue weighted by molar-refractivity contribution is 6.44. The Morgan fingerprint density at radius 3 is 1.21 bits per heavy atom. The molecule has 4 heteroatoms. The SMILES string of the molecule is N#Cc1cc(C#N)c(-c2c3cc4c(cc3c(-c3c(C#N)cc(C#N)cc3C3CCCCC3)c3c5cc6ccccc6c6cccc(c23)c65)c2cc3ccccc3c3cccc4c32)c(C2CCCCC2)c1. The molecule has 2 aliphatic carbocycles. The van der Waals surface area contributed by atoms with Crippen LogP contribution in [-0.4, -0.2) is 0 Å². The van der Waals surface area contributed by atoms with Gasteiger partial charge in [-0.3, -0.25) is 0 Å². The van der Waals surface area contributed by atoms with Gasteiger partial charge in [-0.05, 0) is 205 Å². The first-order valence-electron chi connectivity index (χ1n) is 25.1. The lowest BCUT2D eigenvalue weighted by atomic mass is 9.74. The average Bonchev–Trinajstić information content (AvgIpc) is 3.91. The molecule has 12 aromatic carbocycles. The third kappa shape index (κ3) is 5.66. The normalized spacial score (nSPS) is 15.0. The second-order valence-electron chi connectivity index (χ2n) is 20.3. The third-order valence-electron chi connectivity index (χ3n) is 16.8. The summed E-state index contributed by atoms with van der Waals surface area (Å²) in [4.78, 5) is 0. The minimum Gasteiger partial charge on any atom is -0.192 e. The summed E-state index contributed by atoms with van der Waals surface area (Å²) >= 11 is 0. The van der Waals surface area contributed by atoms with Gasteiger partial charge in [0.2, 0.25) is 0 Å². The van der Waals surface area contributed by atoms with Crippen molar-refractivity contribution in [1.82, 2.24) is 0 Å². The molecular formula is C66H44N4. The topological polar surface area (TPSA) is 95.2 Å². The molecule has 0 saturated heterocycles. The summed E-state index contributed by atoms with van der Waals surface area (Å²) in [6.07, 6.45) is 10.7. The highest BCUT2D eigenvalue weighted by atomic mass is 14.4. The Balaban J connectivity index is 1.30. The first-order chi connectivity index (χ1) is 34.6. The highest BCUT2D eigenvalue weighted by Crippen LogP contribution is 2.57. The molecule has 4 nitrogen and oxygen atoms in total. The smallest absolute Gasteiger partial charge is 0.0998 e. The fraction of sp³-hybridized carbons (Fsp3) is 0.182. The van der Waals surface area contributed by atoms with Gasteiger partial charge in [0, 0.05) is 11.1 Å². The Bertz CT molecular complexity index is 4420. The van der Waals surface area contributed by atoms with Gasteiger partial charge in [-0.1, -0.05) is 123 Å². The van der Waals surface area contributed by atoms with Gasteiger partial charge in [0.05, 0.1) is 46.5 Å². The van der Waals surface area contributed by atoms with Crippen LogP contribution in [-0.2, 0) is 0 Å². The molecule has 328 valence electrons. The van der Waals surface area contributed by atoms with E-state index in [1.807, 2.05) is 12.1 Å². The highest BCUT2D eigenvalue weighted by Gasteiger charge is 2.33. The molecule has 0 N–H and O–H groups in total. The fourth-order valence-corrected chi connectivity index (χ4v) is 13.9. The Labute approximate surface area is 405 Å². The van der Waals surface area contributed by atoms with Crippen LogP contribution in [0.3, 0.4) is 0 Å². The van der Waals surface area contributed by atoms with Crippen LogP contribution in [0.4, 0.5) is 0 Å². The number of rotatable bonds is 4. The van der Waals surface area contributed by atoms with Crippen molar-refractivity contribution < 1.29 is 0 Å². The standard InChI is InChI=1S/C66H44N4/c67-33-37-25-43(35-69)59(51(27-37)39-13-3-1-4-14-39)64-56-31-53-49-23-11-21-47-45-19-9-7-17-41(45)29-55(61(47)49)54(53)32-57(56)65(60-44(36-70)26-38(34-68)28-52(60)40-15-5-2-6-16-40)66-58-30-42-18-8-10-20-46(42)48-22-12-24-50(62(48)58)63(64)66/h7-12,17-32,39-40H,1-6,13-16H2. The number of fused-ring (bicyclic) bond motifs is 11. The zero-order chi connectivity index (χ0) is 46.8. The van der Waals surface area contributed by atoms with E-state index in [2.05, 4.69) is 146 Å². The van der Waals surface area contributed by atoms with Gasteiger partial charge in [0.1, 0.15) is 0 Å². The lowest BCUT2D eigenvalue weighted by Gasteiger charge is -2.28. The van der Waals surface area contributed by atoms with Crippen LogP contribution in [0.25, 0.3) is 119 Å². The van der Waals surface area contributed by atoms with E-state index in [0.717, 1.165) is 133 Å². The van der Waals surface area contributed by atoms with Gasteiger partial charge < -0.3 is 0 Å². The molecule has 0 aliphatic heterocycles. The number of nitriles is 4. The maximum atomic E-state index is 11.5. The predicted molar refractivity (Wildman–Crippen MR) is 288 cm³/mol. The van der Waals surface area contributed by atoms with E-state index in [0.29, 0.717) is 22.3 Å². The molecule has 14 rings (SSSR count). The molecular weight excluding hydrogens is 849 g/mol. The van der Waals surface area contributed by atoms with E-state index in [1.54, 1.807) is 0 Å². The maximum absolute atomic E-state index is 11.5. The first-order valence-corrected chi connectivity index (χ1v) is 25.1. The molecule has 0 radical (unpaired) electrons. The Morgan fingerprint density at radius 1 is 0.300 bits per heavy atom. The molecule has 0 spiro atoms. The van der Waals surface area contributed by atoms with Crippen LogP contribution in [0, 0.1) is 45.3 Å². The minimum atomic E-state index is 0.176. The van der Waals surface area contributed by atoms with Gasteiger partial charge in [0.25, 0.3) is 0 Å². The summed E-state index contributed by atoms with van der Waals surface area (Å²) in [7, 11) is 0. The zero-order valence-corrected chi connectivity index (χ0v) is 38.7. The molecule has 0 amide bonds. The summed E-state index contributed by atoms with van der Waals surface area (Å²) in [6, 6.07) is 58.4. The summed E-state index contributed by atoms with van der Waals surface area (Å²) in [5.74, 6) is 0.355. The Hall–Kier alpha value is -8.54. The van der Waals surface area contributed by atoms with Crippen LogP contribution in [0.5, 0.6) is 0 Å². The van der Waals surface area contributed by atoms with Crippen molar-refractivity contribution in [1.29, 1.82) is 21.0 Å². The summed E-state index contributed by atoms with van der Waals surface area (Å²) in [5.41, 5.74) is 8.09. The summed E-state index contributed by atoms with van der Waals surface area (Å²) < 4.78 is 0. The van der Waals surface area contributed by atoms with Crippen molar-refractivity contribution in [2.24, 2.45) is 0 Å². The van der Waals surface area contributed by atoms with E-state index in [-0.39, 0.29) is 11.8 Å². The van der Waals surface area contributed by atoms with Crippen molar-refractivity contribution in [3.05, 3.63) is 167 Å². The molecule has 12 aromatic rings. The van der Waals surface area contributed by atoms with E-state index in [9.17, 15) is 21.0 Å². The molecule has 0 unspecified atom stereocenters. The third-order valence-corrected chi connectivity index (χ3v) is 16.8. The van der Waals surface area contributed by atoms with Crippen molar-refractivity contribution in [3.63, 3.8) is 0 Å². The molecule has 0 heterocycles. The van der Waals surface area contributed by atoms with Gasteiger partial charge in [-0.15, -0.1) is 0 Å². The molecule has 2 fully saturated rings. The van der Waals surface area contributed by atoms with Crippen LogP contribution in [0.1, 0.15) is 109 Å². The second kappa shape index (κ2) is 15.5. The van der Waals surface area contributed by atoms with Gasteiger partial charge in [-0.25, -0.2) is 0 Å². The number of benzene rings is 10. The van der Waals surface area contributed by atoms with Crippen LogP contribution in [0.2, 0.25) is 0 Å². The van der Waals surface area contributed by atoms with Crippen molar-refractivity contribution in [3.8, 4) is 46.5 Å². The summed E-state index contributed by atoms with van der Waals surface area (Å²) in [5, 5.41) is 64.8. The quantitative estimate of drug-likeness (QED) is 0.164. The summed E-state index contributed by atoms with van der Waals surface area (Å²) in [6.45, 7) is 0. The molecule has 0 atom stereocenters. The van der Waals surface area contributed by atoms with Gasteiger partial charge >= 0.3 is 0 Å². The molecule has 70 heavy (non-hydrogen) atoms. The van der Waals surface area contributed by atoms with Crippen molar-refractivity contribution >= 4 is 97.0 Å². The lowest BCUT2D eigenvalue weighted by Crippen LogP contribution is -2.09. The van der Waals surface area contributed by atoms with Crippen LogP contribution in [0.15, 0.2) is 133 Å². The van der Waals surface area contributed by atoms with E-state index in [1.165, 1.54) is 61.3 Å². The average molecular weight is 893 g/mol.